The minimum absolute atomic E-state index is 0.0339. The van der Waals surface area contributed by atoms with Crippen molar-refractivity contribution in [3.05, 3.63) is 24.3 Å². The molecule has 1 aromatic rings. The molecule has 6 nitrogen and oxygen atoms in total. The molecule has 1 aromatic heterocycles. The van der Waals surface area contributed by atoms with Crippen LogP contribution in [0.25, 0.3) is 0 Å². The summed E-state index contributed by atoms with van der Waals surface area (Å²) in [5.74, 6) is -0.845. The molecule has 0 fully saturated rings. The van der Waals surface area contributed by atoms with Gasteiger partial charge in [0.2, 0.25) is 0 Å². The van der Waals surface area contributed by atoms with Gasteiger partial charge in [-0.2, -0.15) is 0 Å². The van der Waals surface area contributed by atoms with Gasteiger partial charge in [-0.05, 0) is 26.7 Å². The molecule has 1 N–H and O–H groups in total. The molecule has 0 aromatic carbocycles. The average Bonchev–Trinajstić information content (AvgIpc) is 2.42. The lowest BCUT2D eigenvalue weighted by molar-refractivity contribution is -0.158. The summed E-state index contributed by atoms with van der Waals surface area (Å²) in [7, 11) is 0. The van der Waals surface area contributed by atoms with E-state index in [-0.39, 0.29) is 11.8 Å². The quantitative estimate of drug-likeness (QED) is 0.839. The lowest BCUT2D eigenvalue weighted by atomic mass is 9.98. The molecule has 0 bridgehead atoms. The van der Waals surface area contributed by atoms with E-state index in [1.165, 1.54) is 18.7 Å². The Bertz CT molecular complexity index is 483. The molecular formula is C15H23N3O3. The van der Waals surface area contributed by atoms with E-state index in [2.05, 4.69) is 15.3 Å². The van der Waals surface area contributed by atoms with Crippen LogP contribution in [-0.4, -0.2) is 33.5 Å². The number of aromatic nitrogens is 2. The Labute approximate surface area is 125 Å². The molecule has 0 unspecified atom stereocenters. The van der Waals surface area contributed by atoms with Crippen LogP contribution in [0.5, 0.6) is 0 Å². The number of hydrogen-bond donors (Lipinski definition) is 1. The fraction of sp³-hybridized carbons (Fsp3) is 0.600. The first-order valence-electron chi connectivity index (χ1n) is 7.03. The Morgan fingerprint density at radius 3 is 2.33 bits per heavy atom. The van der Waals surface area contributed by atoms with Crippen molar-refractivity contribution in [1.29, 1.82) is 0 Å². The largest absolute Gasteiger partial charge is 0.458 e. The first-order chi connectivity index (χ1) is 9.74. The molecule has 1 heterocycles. The Morgan fingerprint density at radius 2 is 1.86 bits per heavy atom. The van der Waals surface area contributed by atoms with E-state index >= 15 is 0 Å². The third-order valence-corrected chi connectivity index (χ3v) is 2.98. The zero-order valence-corrected chi connectivity index (χ0v) is 13.2. The van der Waals surface area contributed by atoms with Crippen molar-refractivity contribution in [2.45, 2.75) is 52.7 Å². The highest BCUT2D eigenvalue weighted by Gasteiger charge is 2.30. The topological polar surface area (TPSA) is 81.2 Å². The summed E-state index contributed by atoms with van der Waals surface area (Å²) < 4.78 is 5.37. The van der Waals surface area contributed by atoms with Crippen molar-refractivity contribution in [2.24, 2.45) is 5.92 Å². The lowest BCUT2D eigenvalue weighted by Gasteiger charge is -2.27. The molecule has 2 atom stereocenters. The number of nitrogens with one attached hydrogen (secondary N) is 1. The maximum absolute atomic E-state index is 12.3. The number of ether oxygens (including phenoxy) is 1. The fourth-order valence-electron chi connectivity index (χ4n) is 1.68. The van der Waals surface area contributed by atoms with Crippen LogP contribution in [0.15, 0.2) is 18.7 Å². The number of rotatable bonds is 5. The number of nitrogens with zero attached hydrogens (tertiary/aromatic N) is 2. The second-order valence-electron chi connectivity index (χ2n) is 6.00. The number of carbonyl (C=O) groups excluding carboxylic acids is 2. The van der Waals surface area contributed by atoms with Gasteiger partial charge in [-0.25, -0.2) is 14.8 Å². The minimum Gasteiger partial charge on any atom is -0.458 e. The summed E-state index contributed by atoms with van der Waals surface area (Å²) in [6, 6.07) is -0.693. The van der Waals surface area contributed by atoms with Crippen LogP contribution < -0.4 is 5.32 Å². The molecule has 0 saturated carbocycles. The summed E-state index contributed by atoms with van der Waals surface area (Å²) in [5.41, 5.74) is -0.280. The van der Waals surface area contributed by atoms with E-state index in [1.807, 2.05) is 13.8 Å². The van der Waals surface area contributed by atoms with Gasteiger partial charge in [0, 0.05) is 12.4 Å². The fourth-order valence-corrected chi connectivity index (χ4v) is 1.68. The van der Waals surface area contributed by atoms with E-state index < -0.39 is 17.6 Å². The molecule has 0 radical (unpaired) electrons. The lowest BCUT2D eigenvalue weighted by Crippen LogP contribution is -2.47. The molecule has 0 saturated heterocycles. The van der Waals surface area contributed by atoms with Crippen LogP contribution in [0, 0.1) is 5.92 Å². The molecule has 116 valence electrons. The zero-order valence-electron chi connectivity index (χ0n) is 13.2. The van der Waals surface area contributed by atoms with Crippen molar-refractivity contribution in [1.82, 2.24) is 15.3 Å². The van der Waals surface area contributed by atoms with Gasteiger partial charge in [0.25, 0.3) is 5.91 Å². The molecule has 0 spiro atoms. The van der Waals surface area contributed by atoms with E-state index in [0.29, 0.717) is 5.56 Å². The van der Waals surface area contributed by atoms with Gasteiger partial charge in [-0.3, -0.25) is 4.79 Å². The minimum atomic E-state index is -0.693. The van der Waals surface area contributed by atoms with Crippen molar-refractivity contribution < 1.29 is 14.3 Å². The van der Waals surface area contributed by atoms with Gasteiger partial charge in [0.15, 0.2) is 0 Å². The Balaban J connectivity index is 2.84. The van der Waals surface area contributed by atoms with Crippen LogP contribution >= 0.6 is 0 Å². The van der Waals surface area contributed by atoms with Crippen molar-refractivity contribution >= 4 is 11.9 Å². The maximum atomic E-state index is 12.3. The van der Waals surface area contributed by atoms with Crippen LogP contribution in [0.4, 0.5) is 0 Å². The normalized spacial score (nSPS) is 14.1. The molecule has 6 heteroatoms. The SMILES string of the molecule is CC[C@H](C)[C@H](NC(=O)c1cncnc1)C(=O)OC(C)(C)C. The summed E-state index contributed by atoms with van der Waals surface area (Å²) in [6.07, 6.45) is 4.91. The number of carbonyl (C=O) groups is 2. The number of esters is 1. The zero-order chi connectivity index (χ0) is 16.0. The van der Waals surface area contributed by atoms with Gasteiger partial charge < -0.3 is 10.1 Å². The Kier molecular flexibility index (Phi) is 5.81. The summed E-state index contributed by atoms with van der Waals surface area (Å²) in [4.78, 5) is 32.0. The van der Waals surface area contributed by atoms with E-state index in [0.717, 1.165) is 6.42 Å². The van der Waals surface area contributed by atoms with Gasteiger partial charge in [0.1, 0.15) is 18.0 Å². The van der Waals surface area contributed by atoms with Gasteiger partial charge in [0.05, 0.1) is 5.56 Å². The van der Waals surface area contributed by atoms with E-state index in [4.69, 9.17) is 4.74 Å². The smallest absolute Gasteiger partial charge is 0.329 e. The number of amides is 1. The molecule has 1 rings (SSSR count). The van der Waals surface area contributed by atoms with E-state index in [9.17, 15) is 9.59 Å². The predicted molar refractivity (Wildman–Crippen MR) is 78.6 cm³/mol. The van der Waals surface area contributed by atoms with Gasteiger partial charge in [-0.15, -0.1) is 0 Å². The second-order valence-corrected chi connectivity index (χ2v) is 6.00. The van der Waals surface area contributed by atoms with E-state index in [1.54, 1.807) is 20.8 Å². The molecule has 0 aliphatic carbocycles. The third-order valence-electron chi connectivity index (χ3n) is 2.98. The predicted octanol–water partition coefficient (Wildman–Crippen LogP) is 1.96. The van der Waals surface area contributed by atoms with Crippen LogP contribution in [0.3, 0.4) is 0 Å². The van der Waals surface area contributed by atoms with Gasteiger partial charge in [-0.1, -0.05) is 20.3 Å². The monoisotopic (exact) mass is 293 g/mol. The highest BCUT2D eigenvalue weighted by molar-refractivity contribution is 5.96. The van der Waals surface area contributed by atoms with Crippen molar-refractivity contribution in [2.75, 3.05) is 0 Å². The standard InChI is InChI=1S/C15H23N3O3/c1-6-10(2)12(14(20)21-15(3,4)5)18-13(19)11-7-16-9-17-8-11/h7-10,12H,6H2,1-5H3,(H,18,19)/t10-,12-/m0/s1. The number of hydrogen-bond acceptors (Lipinski definition) is 5. The first-order valence-corrected chi connectivity index (χ1v) is 7.03. The van der Waals surface area contributed by atoms with Crippen LogP contribution in [0.1, 0.15) is 51.4 Å². The van der Waals surface area contributed by atoms with Crippen molar-refractivity contribution in [3.63, 3.8) is 0 Å². The maximum Gasteiger partial charge on any atom is 0.329 e. The molecule has 21 heavy (non-hydrogen) atoms. The third kappa shape index (κ3) is 5.49. The summed E-state index contributed by atoms with van der Waals surface area (Å²) >= 11 is 0. The Morgan fingerprint density at radius 1 is 1.29 bits per heavy atom. The average molecular weight is 293 g/mol. The highest BCUT2D eigenvalue weighted by atomic mass is 16.6. The van der Waals surface area contributed by atoms with Crippen molar-refractivity contribution in [3.8, 4) is 0 Å². The first kappa shape index (κ1) is 17.1. The second kappa shape index (κ2) is 7.15. The summed E-state index contributed by atoms with van der Waals surface area (Å²) in [5, 5.41) is 2.71. The summed E-state index contributed by atoms with van der Waals surface area (Å²) in [6.45, 7) is 9.25. The van der Waals surface area contributed by atoms with Crippen LogP contribution in [0.2, 0.25) is 0 Å². The molecule has 1 amide bonds. The molecular weight excluding hydrogens is 270 g/mol. The molecule has 0 aliphatic rings. The van der Waals surface area contributed by atoms with Crippen LogP contribution in [-0.2, 0) is 9.53 Å². The van der Waals surface area contributed by atoms with Gasteiger partial charge >= 0.3 is 5.97 Å². The Hall–Kier alpha value is -1.98. The molecule has 0 aliphatic heterocycles. The highest BCUT2D eigenvalue weighted by Crippen LogP contribution is 2.15.